The Labute approximate surface area is 95.8 Å². The van der Waals surface area contributed by atoms with Crippen LogP contribution < -0.4 is 0 Å². The molecule has 1 saturated carbocycles. The van der Waals surface area contributed by atoms with E-state index in [4.69, 9.17) is 0 Å². The van der Waals surface area contributed by atoms with Crippen molar-refractivity contribution in [3.63, 3.8) is 0 Å². The molecular formula is C10H14F5NO. The molecule has 1 amide bonds. The van der Waals surface area contributed by atoms with Crippen LogP contribution in [0.5, 0.6) is 0 Å². The van der Waals surface area contributed by atoms with Crippen LogP contribution in [0, 0.1) is 5.92 Å². The Kier molecular flexibility index (Phi) is 3.99. The lowest BCUT2D eigenvalue weighted by Gasteiger charge is -2.33. The fraction of sp³-hybridized carbons (Fsp3) is 0.900. The largest absolute Gasteiger partial charge is 0.463 e. The van der Waals surface area contributed by atoms with Crippen molar-refractivity contribution in [3.8, 4) is 0 Å². The summed E-state index contributed by atoms with van der Waals surface area (Å²) in [7, 11) is 0. The number of nitrogens with zero attached hydrogens (tertiary/aromatic N) is 1. The van der Waals surface area contributed by atoms with Gasteiger partial charge in [0.25, 0.3) is 0 Å². The number of rotatable bonds is 4. The Morgan fingerprint density at radius 2 is 1.76 bits per heavy atom. The lowest BCUT2D eigenvalue weighted by molar-refractivity contribution is -0.274. The first kappa shape index (κ1) is 14.2. The number of carbonyl (C=O) groups is 1. The zero-order valence-corrected chi connectivity index (χ0v) is 9.36. The van der Waals surface area contributed by atoms with Gasteiger partial charge in [-0.2, -0.15) is 22.0 Å². The third kappa shape index (κ3) is 2.87. The molecule has 100 valence electrons. The zero-order chi connectivity index (χ0) is 13.3. The van der Waals surface area contributed by atoms with Crippen molar-refractivity contribution in [2.45, 2.75) is 38.3 Å². The SMILES string of the molecule is CCN(CC1CCC1)C(=O)C(F)(F)C(F)(F)F. The predicted molar refractivity (Wildman–Crippen MR) is 50.6 cm³/mol. The molecule has 1 aliphatic carbocycles. The van der Waals surface area contributed by atoms with Crippen molar-refractivity contribution in [1.29, 1.82) is 0 Å². The molecule has 17 heavy (non-hydrogen) atoms. The van der Waals surface area contributed by atoms with Crippen LogP contribution in [0.2, 0.25) is 0 Å². The Morgan fingerprint density at radius 3 is 2.06 bits per heavy atom. The Bertz CT molecular complexity index is 285. The van der Waals surface area contributed by atoms with Gasteiger partial charge in [-0.25, -0.2) is 0 Å². The van der Waals surface area contributed by atoms with Crippen LogP contribution in [-0.2, 0) is 4.79 Å². The molecule has 0 heterocycles. The third-order valence-electron chi connectivity index (χ3n) is 3.00. The van der Waals surface area contributed by atoms with Gasteiger partial charge in [0.2, 0.25) is 0 Å². The van der Waals surface area contributed by atoms with Crippen molar-refractivity contribution in [2.75, 3.05) is 13.1 Å². The molecule has 0 aliphatic heterocycles. The molecule has 0 aromatic rings. The van der Waals surface area contributed by atoms with Gasteiger partial charge in [0.15, 0.2) is 0 Å². The Hall–Kier alpha value is -0.880. The van der Waals surface area contributed by atoms with Gasteiger partial charge in [-0.15, -0.1) is 0 Å². The van der Waals surface area contributed by atoms with E-state index in [1.165, 1.54) is 6.92 Å². The highest BCUT2D eigenvalue weighted by Crippen LogP contribution is 2.37. The van der Waals surface area contributed by atoms with E-state index in [1.54, 1.807) is 0 Å². The van der Waals surface area contributed by atoms with Crippen molar-refractivity contribution in [3.05, 3.63) is 0 Å². The van der Waals surface area contributed by atoms with Gasteiger partial charge in [0, 0.05) is 13.1 Å². The van der Waals surface area contributed by atoms with E-state index >= 15 is 0 Å². The third-order valence-corrected chi connectivity index (χ3v) is 3.00. The van der Waals surface area contributed by atoms with Crippen molar-refractivity contribution < 1.29 is 26.7 Å². The molecule has 7 heteroatoms. The molecule has 0 bridgehead atoms. The summed E-state index contributed by atoms with van der Waals surface area (Å²) >= 11 is 0. The van der Waals surface area contributed by atoms with Crippen molar-refractivity contribution in [1.82, 2.24) is 4.90 Å². The molecule has 0 unspecified atom stereocenters. The molecule has 1 fully saturated rings. The molecule has 0 N–H and O–H groups in total. The second-order valence-corrected chi connectivity index (χ2v) is 4.21. The van der Waals surface area contributed by atoms with Crippen molar-refractivity contribution >= 4 is 5.91 Å². The first-order valence-corrected chi connectivity index (χ1v) is 5.44. The van der Waals surface area contributed by atoms with Crippen LogP contribution in [0.4, 0.5) is 22.0 Å². The van der Waals surface area contributed by atoms with Gasteiger partial charge in [-0.3, -0.25) is 4.79 Å². The van der Waals surface area contributed by atoms with Gasteiger partial charge in [0.1, 0.15) is 0 Å². The van der Waals surface area contributed by atoms with E-state index in [0.717, 1.165) is 19.3 Å². The summed E-state index contributed by atoms with van der Waals surface area (Å²) in [5.74, 6) is -7.37. The zero-order valence-electron chi connectivity index (χ0n) is 9.36. The van der Waals surface area contributed by atoms with E-state index < -0.39 is 18.0 Å². The number of halogens is 5. The molecule has 0 aromatic heterocycles. The Morgan fingerprint density at radius 1 is 1.24 bits per heavy atom. The average Bonchev–Trinajstić information content (AvgIpc) is 2.13. The van der Waals surface area contributed by atoms with Crippen LogP contribution in [0.15, 0.2) is 0 Å². The molecule has 0 saturated heterocycles. The summed E-state index contributed by atoms with van der Waals surface area (Å²) in [6.45, 7) is 1.24. The second kappa shape index (κ2) is 4.78. The number of carbonyl (C=O) groups excluding carboxylic acids is 1. The first-order valence-electron chi connectivity index (χ1n) is 5.44. The number of amides is 1. The highest BCUT2D eigenvalue weighted by molar-refractivity contribution is 5.84. The smallest absolute Gasteiger partial charge is 0.337 e. The summed E-state index contributed by atoms with van der Waals surface area (Å²) in [5, 5.41) is 0. The number of alkyl halides is 5. The van der Waals surface area contributed by atoms with Gasteiger partial charge in [0.05, 0.1) is 0 Å². The molecule has 2 nitrogen and oxygen atoms in total. The first-order chi connectivity index (χ1) is 7.70. The average molecular weight is 259 g/mol. The minimum atomic E-state index is -5.82. The molecule has 0 radical (unpaired) electrons. The minimum Gasteiger partial charge on any atom is -0.337 e. The lowest BCUT2D eigenvalue weighted by Crippen LogP contribution is -2.53. The molecular weight excluding hydrogens is 245 g/mol. The van der Waals surface area contributed by atoms with Crippen LogP contribution in [-0.4, -0.2) is 36.0 Å². The standard InChI is InChI=1S/C10H14F5NO/c1-2-16(6-7-4-3-5-7)8(17)9(11,12)10(13,14)15/h7H,2-6H2,1H3. The quantitative estimate of drug-likeness (QED) is 0.711. The van der Waals surface area contributed by atoms with Crippen LogP contribution >= 0.6 is 0 Å². The normalized spacial score (nSPS) is 17.8. The minimum absolute atomic E-state index is 0.0129. The van der Waals surface area contributed by atoms with Crippen molar-refractivity contribution in [2.24, 2.45) is 5.92 Å². The molecule has 0 aromatic carbocycles. The number of hydrogen-bond donors (Lipinski definition) is 0. The Balaban J connectivity index is 2.70. The van der Waals surface area contributed by atoms with E-state index in [-0.39, 0.29) is 19.0 Å². The molecule has 0 atom stereocenters. The topological polar surface area (TPSA) is 20.3 Å². The fourth-order valence-corrected chi connectivity index (χ4v) is 1.66. The molecule has 1 rings (SSSR count). The van der Waals surface area contributed by atoms with E-state index in [0.29, 0.717) is 4.90 Å². The van der Waals surface area contributed by atoms with E-state index in [1.807, 2.05) is 0 Å². The highest BCUT2D eigenvalue weighted by atomic mass is 19.4. The molecule has 0 spiro atoms. The summed E-state index contributed by atoms with van der Waals surface area (Å²) in [6, 6.07) is 0. The van der Waals surface area contributed by atoms with Gasteiger partial charge >= 0.3 is 18.0 Å². The monoisotopic (exact) mass is 259 g/mol. The fourth-order valence-electron chi connectivity index (χ4n) is 1.66. The molecule has 1 aliphatic rings. The van der Waals surface area contributed by atoms with Gasteiger partial charge in [-0.1, -0.05) is 6.42 Å². The summed E-state index contributed by atoms with van der Waals surface area (Å²) < 4.78 is 61.7. The maximum absolute atomic E-state index is 12.8. The van der Waals surface area contributed by atoms with Crippen LogP contribution in [0.1, 0.15) is 26.2 Å². The highest BCUT2D eigenvalue weighted by Gasteiger charge is 2.64. The summed E-state index contributed by atoms with van der Waals surface area (Å²) in [4.78, 5) is 11.8. The summed E-state index contributed by atoms with van der Waals surface area (Å²) in [6.07, 6.45) is -3.33. The van der Waals surface area contributed by atoms with Gasteiger partial charge in [-0.05, 0) is 25.7 Å². The predicted octanol–water partition coefficient (Wildman–Crippen LogP) is 2.83. The van der Waals surface area contributed by atoms with Crippen LogP contribution in [0.25, 0.3) is 0 Å². The van der Waals surface area contributed by atoms with Crippen LogP contribution in [0.3, 0.4) is 0 Å². The number of hydrogen-bond acceptors (Lipinski definition) is 1. The van der Waals surface area contributed by atoms with E-state index in [9.17, 15) is 26.7 Å². The maximum atomic E-state index is 12.8. The summed E-state index contributed by atoms with van der Waals surface area (Å²) in [5.41, 5.74) is 0. The lowest BCUT2D eigenvalue weighted by atomic mass is 9.85. The second-order valence-electron chi connectivity index (χ2n) is 4.21. The maximum Gasteiger partial charge on any atom is 0.463 e. The van der Waals surface area contributed by atoms with E-state index in [2.05, 4.69) is 0 Å². The van der Waals surface area contributed by atoms with Gasteiger partial charge < -0.3 is 4.90 Å².